The highest BCUT2D eigenvalue weighted by molar-refractivity contribution is 5.96. The van der Waals surface area contributed by atoms with Gasteiger partial charge in [0, 0.05) is 48.7 Å². The number of benzene rings is 2. The molecule has 2 aromatic heterocycles. The number of carbonyl (C=O) groups is 1. The first-order valence-electron chi connectivity index (χ1n) is 10.8. The lowest BCUT2D eigenvalue weighted by molar-refractivity contribution is -0.120. The average molecular weight is 425 g/mol. The van der Waals surface area contributed by atoms with Crippen molar-refractivity contribution in [3.8, 4) is 16.9 Å². The van der Waals surface area contributed by atoms with Crippen LogP contribution in [0.25, 0.3) is 16.9 Å². The Morgan fingerprint density at radius 1 is 0.938 bits per heavy atom. The van der Waals surface area contributed by atoms with Crippen LogP contribution in [0.2, 0.25) is 0 Å². The fraction of sp³-hybridized carbons (Fsp3) is 0.200. The van der Waals surface area contributed by atoms with Crippen LogP contribution in [0.15, 0.2) is 85.7 Å². The van der Waals surface area contributed by atoms with E-state index in [2.05, 4.69) is 37.3 Å². The van der Waals surface area contributed by atoms with Gasteiger partial charge in [0.15, 0.2) is 0 Å². The van der Waals surface area contributed by atoms with Crippen molar-refractivity contribution in [3.63, 3.8) is 0 Å². The molecular weight excluding hydrogens is 400 g/mol. The summed E-state index contributed by atoms with van der Waals surface area (Å²) >= 11 is 0. The van der Waals surface area contributed by atoms with E-state index in [1.165, 1.54) is 0 Å². The standard InChI is InChI=1S/C25H24N6O/c32-25(29-22-9-5-4-8-21(22)19-6-2-1-3-7-19)20-10-13-30(14-11-20)23-16-24(28-17-27-23)31-15-12-26-18-31/h1-9,12,15-18,20H,10-11,13-14H2,(H,29,32). The molecule has 0 saturated carbocycles. The molecule has 4 aromatic rings. The van der Waals surface area contributed by atoms with Crippen molar-refractivity contribution in [2.45, 2.75) is 12.8 Å². The number of piperidine rings is 1. The summed E-state index contributed by atoms with van der Waals surface area (Å²) in [6.45, 7) is 1.55. The van der Waals surface area contributed by atoms with Gasteiger partial charge in [0.05, 0.1) is 0 Å². The number of para-hydroxylation sites is 1. The van der Waals surface area contributed by atoms with Crippen molar-refractivity contribution in [1.82, 2.24) is 19.5 Å². The van der Waals surface area contributed by atoms with Crippen molar-refractivity contribution < 1.29 is 4.79 Å². The molecule has 1 N–H and O–H groups in total. The predicted molar refractivity (Wildman–Crippen MR) is 125 cm³/mol. The largest absolute Gasteiger partial charge is 0.356 e. The molecule has 32 heavy (non-hydrogen) atoms. The molecule has 0 unspecified atom stereocenters. The molecule has 2 aromatic carbocycles. The second kappa shape index (κ2) is 9.01. The van der Waals surface area contributed by atoms with E-state index in [4.69, 9.17) is 0 Å². The van der Waals surface area contributed by atoms with E-state index in [9.17, 15) is 4.79 Å². The molecule has 0 radical (unpaired) electrons. The van der Waals surface area contributed by atoms with E-state index in [0.717, 1.165) is 54.4 Å². The quantitative estimate of drug-likeness (QED) is 0.520. The zero-order valence-electron chi connectivity index (χ0n) is 17.6. The Morgan fingerprint density at radius 3 is 2.47 bits per heavy atom. The van der Waals surface area contributed by atoms with Crippen molar-refractivity contribution in [3.05, 3.63) is 85.7 Å². The number of imidazole rings is 1. The Balaban J connectivity index is 1.24. The first kappa shape index (κ1) is 19.9. The number of carbonyl (C=O) groups excluding carboxylic acids is 1. The Morgan fingerprint density at radius 2 is 1.69 bits per heavy atom. The number of amides is 1. The molecule has 3 heterocycles. The van der Waals surface area contributed by atoms with Crippen LogP contribution < -0.4 is 10.2 Å². The van der Waals surface area contributed by atoms with Gasteiger partial charge >= 0.3 is 0 Å². The molecular formula is C25H24N6O. The summed E-state index contributed by atoms with van der Waals surface area (Å²) < 4.78 is 1.86. The smallest absolute Gasteiger partial charge is 0.227 e. The summed E-state index contributed by atoms with van der Waals surface area (Å²) in [5, 5.41) is 3.17. The van der Waals surface area contributed by atoms with E-state index in [0.29, 0.717) is 0 Å². The number of hydrogen-bond acceptors (Lipinski definition) is 5. The van der Waals surface area contributed by atoms with Crippen LogP contribution in [0.1, 0.15) is 12.8 Å². The van der Waals surface area contributed by atoms with Crippen molar-refractivity contribution in [2.75, 3.05) is 23.3 Å². The predicted octanol–water partition coefficient (Wildman–Crippen LogP) is 4.18. The number of anilines is 2. The normalized spacial score (nSPS) is 14.3. The molecule has 0 spiro atoms. The molecule has 5 rings (SSSR count). The van der Waals surface area contributed by atoms with Gasteiger partial charge in [0.1, 0.15) is 24.3 Å². The van der Waals surface area contributed by atoms with Crippen LogP contribution in [0, 0.1) is 5.92 Å². The van der Waals surface area contributed by atoms with Crippen LogP contribution in [0.4, 0.5) is 11.5 Å². The minimum absolute atomic E-state index is 0.0231. The topological polar surface area (TPSA) is 75.9 Å². The lowest BCUT2D eigenvalue weighted by Crippen LogP contribution is -2.38. The van der Waals surface area contributed by atoms with Gasteiger partial charge in [0.25, 0.3) is 0 Å². The van der Waals surface area contributed by atoms with Crippen molar-refractivity contribution in [1.29, 1.82) is 0 Å². The fourth-order valence-corrected chi connectivity index (χ4v) is 4.11. The molecule has 1 aliphatic rings. The van der Waals surface area contributed by atoms with E-state index in [-0.39, 0.29) is 11.8 Å². The Bertz CT molecular complexity index is 1180. The SMILES string of the molecule is O=C(Nc1ccccc1-c1ccccc1)C1CCN(c2cc(-n3ccnc3)ncn2)CC1. The fourth-order valence-electron chi connectivity index (χ4n) is 4.11. The molecule has 0 bridgehead atoms. The maximum atomic E-state index is 13.0. The minimum Gasteiger partial charge on any atom is -0.356 e. The van der Waals surface area contributed by atoms with E-state index >= 15 is 0 Å². The van der Waals surface area contributed by atoms with Crippen LogP contribution in [0.5, 0.6) is 0 Å². The van der Waals surface area contributed by atoms with Crippen molar-refractivity contribution >= 4 is 17.4 Å². The van der Waals surface area contributed by atoms with Gasteiger partial charge in [-0.15, -0.1) is 0 Å². The highest BCUT2D eigenvalue weighted by atomic mass is 16.1. The Labute approximate surface area is 186 Å². The second-order valence-corrected chi connectivity index (χ2v) is 7.87. The summed E-state index contributed by atoms with van der Waals surface area (Å²) in [5.74, 6) is 1.71. The van der Waals surface area contributed by atoms with Gasteiger partial charge in [-0.3, -0.25) is 9.36 Å². The molecule has 1 amide bonds. The van der Waals surface area contributed by atoms with E-state index in [1.54, 1.807) is 18.9 Å². The first-order chi connectivity index (χ1) is 15.8. The first-order valence-corrected chi connectivity index (χ1v) is 10.8. The minimum atomic E-state index is -0.0231. The average Bonchev–Trinajstić information content (AvgIpc) is 3.40. The third kappa shape index (κ3) is 4.23. The summed E-state index contributed by atoms with van der Waals surface area (Å²) in [6.07, 6.45) is 8.44. The Kier molecular flexibility index (Phi) is 5.61. The van der Waals surface area contributed by atoms with Gasteiger partial charge in [-0.1, -0.05) is 48.5 Å². The highest BCUT2D eigenvalue weighted by Gasteiger charge is 2.26. The number of aromatic nitrogens is 4. The third-order valence-electron chi connectivity index (χ3n) is 5.87. The maximum absolute atomic E-state index is 13.0. The summed E-state index contributed by atoms with van der Waals surface area (Å²) in [7, 11) is 0. The van der Waals surface area contributed by atoms with Gasteiger partial charge in [-0.05, 0) is 24.5 Å². The monoisotopic (exact) mass is 424 g/mol. The molecule has 0 aliphatic carbocycles. The van der Waals surface area contributed by atoms with E-state index in [1.807, 2.05) is 59.3 Å². The molecule has 7 heteroatoms. The second-order valence-electron chi connectivity index (χ2n) is 7.87. The van der Waals surface area contributed by atoms with E-state index < -0.39 is 0 Å². The lowest BCUT2D eigenvalue weighted by Gasteiger charge is -2.32. The molecule has 1 aliphatic heterocycles. The maximum Gasteiger partial charge on any atom is 0.227 e. The Hall–Kier alpha value is -4.00. The summed E-state index contributed by atoms with van der Waals surface area (Å²) in [5.41, 5.74) is 2.98. The molecule has 1 saturated heterocycles. The highest BCUT2D eigenvalue weighted by Crippen LogP contribution is 2.29. The number of hydrogen-bond donors (Lipinski definition) is 1. The van der Waals surface area contributed by atoms with Gasteiger partial charge in [0.2, 0.25) is 5.91 Å². The summed E-state index contributed by atoms with van der Waals surface area (Å²) in [4.78, 5) is 28.1. The summed E-state index contributed by atoms with van der Waals surface area (Å²) in [6, 6.07) is 20.0. The number of nitrogens with zero attached hydrogens (tertiary/aromatic N) is 5. The molecule has 7 nitrogen and oxygen atoms in total. The van der Waals surface area contributed by atoms with Crippen LogP contribution in [0.3, 0.4) is 0 Å². The zero-order valence-corrected chi connectivity index (χ0v) is 17.6. The van der Waals surface area contributed by atoms with Crippen LogP contribution >= 0.6 is 0 Å². The molecule has 1 fully saturated rings. The number of rotatable bonds is 5. The van der Waals surface area contributed by atoms with Gasteiger partial charge in [-0.25, -0.2) is 15.0 Å². The van der Waals surface area contributed by atoms with Gasteiger partial charge < -0.3 is 10.2 Å². The van der Waals surface area contributed by atoms with Crippen LogP contribution in [-0.4, -0.2) is 38.5 Å². The third-order valence-corrected chi connectivity index (χ3v) is 5.87. The van der Waals surface area contributed by atoms with Crippen LogP contribution in [-0.2, 0) is 4.79 Å². The number of nitrogens with one attached hydrogen (secondary N) is 1. The van der Waals surface area contributed by atoms with Crippen molar-refractivity contribution in [2.24, 2.45) is 5.92 Å². The lowest BCUT2D eigenvalue weighted by atomic mass is 9.95. The van der Waals surface area contributed by atoms with Gasteiger partial charge in [-0.2, -0.15) is 0 Å². The molecule has 160 valence electrons. The molecule has 0 atom stereocenters. The zero-order chi connectivity index (χ0) is 21.8.